The maximum Gasteiger partial charge on any atom is 0.339 e. The van der Waals surface area contributed by atoms with E-state index in [-0.39, 0.29) is 34.6 Å². The Balaban J connectivity index is 1.69. The highest BCUT2D eigenvalue weighted by Crippen LogP contribution is 2.43. The largest absolute Gasteiger partial charge is 0.478 e. The van der Waals surface area contributed by atoms with Gasteiger partial charge in [-0.2, -0.15) is 0 Å². The lowest BCUT2D eigenvalue weighted by molar-refractivity contribution is -0.161. The number of Topliss-reactive ketones (excluding diaryl/α,β-unsaturated/α-hetero) is 2. The number of rotatable bonds is 6. The van der Waals surface area contributed by atoms with Crippen LogP contribution in [0.25, 0.3) is 0 Å². The monoisotopic (exact) mass is 451 g/mol. The fourth-order valence-corrected chi connectivity index (χ4v) is 5.07. The van der Waals surface area contributed by atoms with E-state index in [1.807, 2.05) is 27.7 Å². The van der Waals surface area contributed by atoms with Crippen molar-refractivity contribution in [2.24, 2.45) is 11.3 Å². The lowest BCUT2D eigenvalue weighted by Gasteiger charge is -2.36. The number of aromatic nitrogens is 1. The third kappa shape index (κ3) is 4.86. The summed E-state index contributed by atoms with van der Waals surface area (Å²) >= 11 is 6.24. The Labute approximate surface area is 187 Å². The topological polar surface area (TPSA) is 103 Å². The average Bonchev–Trinajstić information content (AvgIpc) is 3.18. The van der Waals surface area contributed by atoms with Gasteiger partial charge in [0.15, 0.2) is 0 Å². The van der Waals surface area contributed by atoms with Gasteiger partial charge < -0.3 is 14.4 Å². The van der Waals surface area contributed by atoms with E-state index in [4.69, 9.17) is 16.3 Å². The number of halogens is 1. The molecular weight excluding hydrogens is 422 g/mol. The van der Waals surface area contributed by atoms with Crippen LogP contribution in [-0.2, 0) is 27.3 Å². The van der Waals surface area contributed by atoms with Gasteiger partial charge in [-0.3, -0.25) is 14.4 Å². The minimum Gasteiger partial charge on any atom is -0.478 e. The number of ketones is 2. The van der Waals surface area contributed by atoms with Crippen LogP contribution in [0.1, 0.15) is 92.8 Å². The van der Waals surface area contributed by atoms with E-state index in [1.165, 1.54) is 0 Å². The van der Waals surface area contributed by atoms with Crippen molar-refractivity contribution in [3.63, 3.8) is 0 Å². The van der Waals surface area contributed by atoms with Crippen LogP contribution in [-0.4, -0.2) is 38.8 Å². The minimum atomic E-state index is -1.19. The summed E-state index contributed by atoms with van der Waals surface area (Å²) in [6, 6.07) is 0. The van der Waals surface area contributed by atoms with Crippen LogP contribution in [0.4, 0.5) is 0 Å². The number of hydrogen-bond acceptors (Lipinski definition) is 5. The fourth-order valence-electron chi connectivity index (χ4n) is 4.70. The maximum absolute atomic E-state index is 13.0. The van der Waals surface area contributed by atoms with E-state index in [0.717, 1.165) is 0 Å². The van der Waals surface area contributed by atoms with E-state index in [1.54, 1.807) is 4.57 Å². The number of carboxylic acids is 1. The number of carboxylic acid groups (broad SMARTS) is 1. The number of nitrogens with zero attached hydrogens (tertiary/aromatic N) is 1. The quantitative estimate of drug-likeness (QED) is 0.389. The second-order valence-corrected chi connectivity index (χ2v) is 10.5. The van der Waals surface area contributed by atoms with E-state index in [9.17, 15) is 24.3 Å². The molecule has 0 spiro atoms. The zero-order chi connectivity index (χ0) is 23.1. The molecule has 0 atom stereocenters. The van der Waals surface area contributed by atoms with Gasteiger partial charge >= 0.3 is 11.9 Å². The molecule has 1 saturated carbocycles. The summed E-state index contributed by atoms with van der Waals surface area (Å²) in [4.78, 5) is 49.8. The summed E-state index contributed by atoms with van der Waals surface area (Å²) in [7, 11) is 0. The number of hydrogen-bond donors (Lipinski definition) is 1. The molecule has 2 aliphatic rings. The van der Waals surface area contributed by atoms with Gasteiger partial charge in [-0.15, -0.1) is 0 Å². The van der Waals surface area contributed by atoms with Crippen LogP contribution in [0, 0.1) is 11.3 Å². The van der Waals surface area contributed by atoms with Gasteiger partial charge in [-0.1, -0.05) is 18.5 Å². The molecule has 170 valence electrons. The predicted molar refractivity (Wildman–Crippen MR) is 115 cm³/mol. The highest BCUT2D eigenvalue weighted by molar-refractivity contribution is 6.48. The number of carbonyl (C=O) groups is 4. The van der Waals surface area contributed by atoms with Crippen molar-refractivity contribution in [2.45, 2.75) is 84.8 Å². The molecule has 8 heteroatoms. The summed E-state index contributed by atoms with van der Waals surface area (Å²) in [6.45, 7) is 7.94. The molecule has 1 aromatic heterocycles. The number of ether oxygens (including phenoxy) is 1. The maximum atomic E-state index is 13.0. The van der Waals surface area contributed by atoms with Gasteiger partial charge in [0.1, 0.15) is 11.3 Å². The zero-order valence-electron chi connectivity index (χ0n) is 18.5. The lowest BCUT2D eigenvalue weighted by Crippen LogP contribution is -2.35. The van der Waals surface area contributed by atoms with Gasteiger partial charge in [-0.25, -0.2) is 4.79 Å². The van der Waals surface area contributed by atoms with Crippen LogP contribution in [0.2, 0.25) is 5.02 Å². The number of carbonyl (C=O) groups excluding carboxylic acids is 3. The van der Waals surface area contributed by atoms with Crippen molar-refractivity contribution in [2.75, 3.05) is 0 Å². The Morgan fingerprint density at radius 1 is 1.19 bits per heavy atom. The second-order valence-electron chi connectivity index (χ2n) is 10.1. The molecule has 1 aliphatic carbocycles. The van der Waals surface area contributed by atoms with Gasteiger partial charge in [-0.05, 0) is 64.7 Å². The Kier molecular flexibility index (Phi) is 6.38. The average molecular weight is 452 g/mol. The molecule has 1 N–H and O–H groups in total. The minimum absolute atomic E-state index is 0.00241. The van der Waals surface area contributed by atoms with Crippen molar-refractivity contribution in [1.82, 2.24) is 4.57 Å². The molecule has 0 bridgehead atoms. The summed E-state index contributed by atoms with van der Waals surface area (Å²) in [5.74, 6) is -2.89. The summed E-state index contributed by atoms with van der Waals surface area (Å²) < 4.78 is 7.07. The van der Waals surface area contributed by atoms with Gasteiger partial charge in [0.25, 0.3) is 0 Å². The van der Waals surface area contributed by atoms with Crippen molar-refractivity contribution < 1.29 is 29.0 Å². The highest BCUT2D eigenvalue weighted by atomic mass is 35.5. The molecule has 1 aliphatic heterocycles. The third-order valence-corrected chi connectivity index (χ3v) is 6.68. The van der Waals surface area contributed by atoms with Crippen molar-refractivity contribution in [1.29, 1.82) is 0 Å². The molecule has 0 amide bonds. The van der Waals surface area contributed by atoms with Crippen LogP contribution >= 0.6 is 11.6 Å². The summed E-state index contributed by atoms with van der Waals surface area (Å²) in [5.41, 5.74) is -0.487. The Hall–Kier alpha value is -2.15. The van der Waals surface area contributed by atoms with Crippen molar-refractivity contribution >= 4 is 35.1 Å². The fraction of sp³-hybridized carbons (Fsp3) is 0.652. The van der Waals surface area contributed by atoms with Crippen LogP contribution in [0.5, 0.6) is 0 Å². The van der Waals surface area contributed by atoms with E-state index in [0.29, 0.717) is 50.8 Å². The molecule has 1 aromatic rings. The van der Waals surface area contributed by atoms with Crippen LogP contribution in [0.15, 0.2) is 0 Å². The molecule has 2 heterocycles. The normalized spacial score (nSPS) is 23.3. The third-order valence-electron chi connectivity index (χ3n) is 6.31. The smallest absolute Gasteiger partial charge is 0.339 e. The molecule has 0 saturated heterocycles. The first-order valence-electron chi connectivity index (χ1n) is 10.8. The number of fused-ring (bicyclic) bond motifs is 1. The van der Waals surface area contributed by atoms with Gasteiger partial charge in [0, 0.05) is 18.7 Å². The summed E-state index contributed by atoms with van der Waals surface area (Å²) in [6.07, 6.45) is 3.77. The van der Waals surface area contributed by atoms with Gasteiger partial charge in [0.2, 0.25) is 11.6 Å². The van der Waals surface area contributed by atoms with Crippen molar-refractivity contribution in [3.8, 4) is 0 Å². The van der Waals surface area contributed by atoms with Crippen molar-refractivity contribution in [3.05, 3.63) is 22.0 Å². The SMILES string of the molecule is CC1(CC(=O)C(=O)c2c(Cl)c(C(=O)O)c3n2CCC3)CCC(C(=O)OC(C)(C)C)CC1. The zero-order valence-corrected chi connectivity index (χ0v) is 19.3. The molecule has 31 heavy (non-hydrogen) atoms. The second kappa shape index (κ2) is 8.41. The van der Waals surface area contributed by atoms with Crippen LogP contribution < -0.4 is 0 Å². The first-order chi connectivity index (χ1) is 14.3. The Bertz CT molecular complexity index is 931. The van der Waals surface area contributed by atoms with Crippen LogP contribution in [0.3, 0.4) is 0 Å². The molecule has 1 fully saturated rings. The lowest BCUT2D eigenvalue weighted by atomic mass is 9.69. The predicted octanol–water partition coefficient (Wildman–Crippen LogP) is 4.47. The molecule has 0 unspecified atom stereocenters. The standard InChI is InChI=1S/C23H30ClNO6/c1-22(2,3)31-21(30)13-7-9-23(4,10-8-13)12-15(26)19(27)18-17(24)16(20(28)29)14-6-5-11-25(14)18/h13H,5-12H2,1-4H3,(H,28,29). The Morgan fingerprint density at radius 2 is 1.81 bits per heavy atom. The Morgan fingerprint density at radius 3 is 2.35 bits per heavy atom. The van der Waals surface area contributed by atoms with E-state index in [2.05, 4.69) is 0 Å². The molecular formula is C23H30ClNO6. The van der Waals surface area contributed by atoms with Gasteiger partial charge in [0.05, 0.1) is 16.5 Å². The molecule has 7 nitrogen and oxygen atoms in total. The number of aromatic carboxylic acids is 1. The first-order valence-corrected chi connectivity index (χ1v) is 11.2. The highest BCUT2D eigenvalue weighted by Gasteiger charge is 2.40. The molecule has 0 radical (unpaired) electrons. The molecule has 3 rings (SSSR count). The molecule has 0 aromatic carbocycles. The van der Waals surface area contributed by atoms with E-state index < -0.39 is 28.6 Å². The number of esters is 1. The van der Waals surface area contributed by atoms with E-state index >= 15 is 0 Å². The first kappa shape index (κ1) is 23.5. The summed E-state index contributed by atoms with van der Waals surface area (Å²) in [5, 5.41) is 9.33.